The highest BCUT2D eigenvalue weighted by Gasteiger charge is 2.44. The summed E-state index contributed by atoms with van der Waals surface area (Å²) < 4.78 is 14.1. The van der Waals surface area contributed by atoms with Gasteiger partial charge in [-0.15, -0.1) is 0 Å². The van der Waals surface area contributed by atoms with E-state index < -0.39 is 11.9 Å². The number of para-hydroxylation sites is 2. The molecule has 3 aromatic rings. The van der Waals surface area contributed by atoms with Crippen LogP contribution in [0.25, 0.3) is 10.9 Å². The zero-order valence-electron chi connectivity index (χ0n) is 14.6. The number of aromatic nitrogens is 1. The lowest BCUT2D eigenvalue weighted by Gasteiger charge is -2.31. The van der Waals surface area contributed by atoms with Crippen LogP contribution in [0.15, 0.2) is 48.5 Å². The molecule has 0 aliphatic carbocycles. The van der Waals surface area contributed by atoms with Gasteiger partial charge in [-0.3, -0.25) is 14.5 Å². The molecular formula is C21H18FN3O2. The fourth-order valence-electron chi connectivity index (χ4n) is 4.24. The van der Waals surface area contributed by atoms with Gasteiger partial charge in [0.05, 0.1) is 18.2 Å². The van der Waals surface area contributed by atoms with Gasteiger partial charge in [0.1, 0.15) is 5.82 Å². The number of amides is 2. The molecular weight excluding hydrogens is 345 g/mol. The van der Waals surface area contributed by atoms with Crippen LogP contribution >= 0.6 is 0 Å². The molecule has 0 spiro atoms. The van der Waals surface area contributed by atoms with E-state index in [1.807, 2.05) is 23.1 Å². The molecule has 0 bridgehead atoms. The SMILES string of the molecule is O=C1C[C@H](N2CCc3[nH]c4ccccc4c3C2)C(=O)N1c1ccccc1F. The molecule has 1 atom stereocenters. The first kappa shape index (κ1) is 16.2. The average Bonchev–Trinajstić information content (AvgIpc) is 3.19. The van der Waals surface area contributed by atoms with Gasteiger partial charge in [0.25, 0.3) is 5.91 Å². The average molecular weight is 363 g/mol. The zero-order valence-corrected chi connectivity index (χ0v) is 14.6. The first-order chi connectivity index (χ1) is 13.1. The summed E-state index contributed by atoms with van der Waals surface area (Å²) in [7, 11) is 0. The number of carbonyl (C=O) groups is 2. The van der Waals surface area contributed by atoms with Crippen molar-refractivity contribution >= 4 is 28.4 Å². The Balaban J connectivity index is 1.45. The molecule has 1 N–H and O–H groups in total. The van der Waals surface area contributed by atoms with Gasteiger partial charge in [-0.25, -0.2) is 9.29 Å². The molecule has 1 fully saturated rings. The Morgan fingerprint density at radius 2 is 1.81 bits per heavy atom. The number of rotatable bonds is 2. The minimum absolute atomic E-state index is 0.0415. The van der Waals surface area contributed by atoms with Gasteiger partial charge in [-0.05, 0) is 23.8 Å². The number of nitrogens with one attached hydrogen (secondary N) is 1. The maximum Gasteiger partial charge on any atom is 0.251 e. The van der Waals surface area contributed by atoms with E-state index in [9.17, 15) is 14.0 Å². The normalized spacial score (nSPS) is 20.5. The number of aromatic amines is 1. The van der Waals surface area contributed by atoms with Crippen molar-refractivity contribution in [1.29, 1.82) is 0 Å². The van der Waals surface area contributed by atoms with E-state index >= 15 is 0 Å². The summed E-state index contributed by atoms with van der Waals surface area (Å²) in [6, 6.07) is 13.5. The van der Waals surface area contributed by atoms with Crippen LogP contribution in [0.2, 0.25) is 0 Å². The number of carbonyl (C=O) groups excluding carboxylic acids is 2. The Labute approximate surface area is 155 Å². The molecule has 6 heteroatoms. The standard InChI is InChI=1S/C21H18FN3O2/c22-15-6-2-4-8-18(15)25-20(26)11-19(21(25)27)24-10-9-17-14(12-24)13-5-1-3-7-16(13)23-17/h1-8,19,23H,9-12H2/t19-/m0/s1. The van der Waals surface area contributed by atoms with E-state index in [0.29, 0.717) is 13.1 Å². The van der Waals surface area contributed by atoms with Crippen molar-refractivity contribution in [3.05, 3.63) is 65.6 Å². The number of hydrogen-bond acceptors (Lipinski definition) is 3. The second-order valence-corrected chi connectivity index (χ2v) is 7.09. The molecule has 5 rings (SSSR count). The number of imide groups is 1. The largest absolute Gasteiger partial charge is 0.358 e. The predicted molar refractivity (Wildman–Crippen MR) is 99.7 cm³/mol. The van der Waals surface area contributed by atoms with Gasteiger partial charge < -0.3 is 4.98 Å². The summed E-state index contributed by atoms with van der Waals surface area (Å²) in [5.74, 6) is -1.24. The predicted octanol–water partition coefficient (Wildman–Crippen LogP) is 3.00. The van der Waals surface area contributed by atoms with Crippen molar-refractivity contribution in [2.75, 3.05) is 11.4 Å². The lowest BCUT2D eigenvalue weighted by atomic mass is 10.0. The lowest BCUT2D eigenvalue weighted by Crippen LogP contribution is -2.44. The minimum atomic E-state index is -0.558. The molecule has 0 radical (unpaired) electrons. The Bertz CT molecular complexity index is 1070. The molecule has 2 aromatic carbocycles. The smallest absolute Gasteiger partial charge is 0.251 e. The molecule has 2 aliphatic heterocycles. The summed E-state index contributed by atoms with van der Waals surface area (Å²) in [4.78, 5) is 32.0. The number of nitrogens with zero attached hydrogens (tertiary/aromatic N) is 2. The fraction of sp³-hybridized carbons (Fsp3) is 0.238. The van der Waals surface area contributed by atoms with Crippen molar-refractivity contribution in [2.24, 2.45) is 0 Å². The molecule has 3 heterocycles. The van der Waals surface area contributed by atoms with E-state index in [1.54, 1.807) is 12.1 Å². The summed E-state index contributed by atoms with van der Waals surface area (Å²) in [5.41, 5.74) is 3.50. The van der Waals surface area contributed by atoms with Crippen molar-refractivity contribution in [3.63, 3.8) is 0 Å². The number of hydrogen-bond donors (Lipinski definition) is 1. The van der Waals surface area contributed by atoms with E-state index in [2.05, 4.69) is 11.1 Å². The molecule has 0 saturated carbocycles. The van der Waals surface area contributed by atoms with Crippen LogP contribution < -0.4 is 4.90 Å². The van der Waals surface area contributed by atoms with Crippen molar-refractivity contribution in [3.8, 4) is 0 Å². The highest BCUT2D eigenvalue weighted by molar-refractivity contribution is 6.22. The third kappa shape index (κ3) is 2.48. The molecule has 27 heavy (non-hydrogen) atoms. The second-order valence-electron chi connectivity index (χ2n) is 7.09. The van der Waals surface area contributed by atoms with Gasteiger partial charge in [0.15, 0.2) is 0 Å². The molecule has 2 amide bonds. The van der Waals surface area contributed by atoms with Crippen molar-refractivity contribution in [1.82, 2.24) is 9.88 Å². The maximum absolute atomic E-state index is 14.1. The maximum atomic E-state index is 14.1. The van der Waals surface area contributed by atoms with Crippen LogP contribution in [0.5, 0.6) is 0 Å². The molecule has 1 saturated heterocycles. The van der Waals surface area contributed by atoms with E-state index in [0.717, 1.165) is 22.2 Å². The van der Waals surface area contributed by atoms with Gasteiger partial charge in [0.2, 0.25) is 5.91 Å². The monoisotopic (exact) mass is 363 g/mol. The number of H-pyrrole nitrogens is 1. The molecule has 136 valence electrons. The highest BCUT2D eigenvalue weighted by Crippen LogP contribution is 2.32. The highest BCUT2D eigenvalue weighted by atomic mass is 19.1. The Hall–Kier alpha value is -2.99. The molecule has 2 aliphatic rings. The van der Waals surface area contributed by atoms with Gasteiger partial charge in [-0.2, -0.15) is 0 Å². The van der Waals surface area contributed by atoms with Crippen LogP contribution in [0, 0.1) is 5.82 Å². The Morgan fingerprint density at radius 1 is 1.04 bits per heavy atom. The minimum Gasteiger partial charge on any atom is -0.358 e. The summed E-state index contributed by atoms with van der Waals surface area (Å²) in [6.45, 7) is 1.29. The quantitative estimate of drug-likeness (QED) is 0.712. The van der Waals surface area contributed by atoms with Gasteiger partial charge >= 0.3 is 0 Å². The first-order valence-corrected chi connectivity index (χ1v) is 9.07. The van der Waals surface area contributed by atoms with E-state index in [1.165, 1.54) is 23.4 Å². The first-order valence-electron chi connectivity index (χ1n) is 9.07. The topological polar surface area (TPSA) is 56.4 Å². The second kappa shape index (κ2) is 6.03. The number of fused-ring (bicyclic) bond motifs is 3. The summed E-state index contributed by atoms with van der Waals surface area (Å²) in [6.07, 6.45) is 0.881. The lowest BCUT2D eigenvalue weighted by molar-refractivity contribution is -0.123. The van der Waals surface area contributed by atoms with Crippen LogP contribution in [0.4, 0.5) is 10.1 Å². The summed E-state index contributed by atoms with van der Waals surface area (Å²) >= 11 is 0. The molecule has 1 aromatic heterocycles. The van der Waals surface area contributed by atoms with E-state index in [-0.39, 0.29) is 23.9 Å². The number of benzene rings is 2. The third-order valence-electron chi connectivity index (χ3n) is 5.57. The van der Waals surface area contributed by atoms with Crippen LogP contribution in [-0.4, -0.2) is 34.3 Å². The summed E-state index contributed by atoms with van der Waals surface area (Å²) in [5, 5.41) is 1.15. The van der Waals surface area contributed by atoms with Crippen LogP contribution in [0.1, 0.15) is 17.7 Å². The third-order valence-corrected chi connectivity index (χ3v) is 5.57. The molecule has 5 nitrogen and oxygen atoms in total. The number of anilines is 1. The Morgan fingerprint density at radius 3 is 2.67 bits per heavy atom. The van der Waals surface area contributed by atoms with Gasteiger partial charge in [0, 0.05) is 36.1 Å². The fourth-order valence-corrected chi connectivity index (χ4v) is 4.24. The Kier molecular flexibility index (Phi) is 3.62. The zero-order chi connectivity index (χ0) is 18.5. The van der Waals surface area contributed by atoms with Crippen molar-refractivity contribution in [2.45, 2.75) is 25.4 Å². The van der Waals surface area contributed by atoms with Crippen molar-refractivity contribution < 1.29 is 14.0 Å². The number of halogens is 1. The molecule has 0 unspecified atom stereocenters. The van der Waals surface area contributed by atoms with Crippen LogP contribution in [-0.2, 0) is 22.6 Å². The van der Waals surface area contributed by atoms with Crippen LogP contribution in [0.3, 0.4) is 0 Å². The van der Waals surface area contributed by atoms with Gasteiger partial charge in [-0.1, -0.05) is 30.3 Å². The van der Waals surface area contributed by atoms with E-state index in [4.69, 9.17) is 0 Å².